The van der Waals surface area contributed by atoms with E-state index in [0.717, 1.165) is 13.0 Å². The molecule has 0 fully saturated rings. The molecule has 0 aliphatic heterocycles. The van der Waals surface area contributed by atoms with Gasteiger partial charge in [-0.05, 0) is 24.9 Å². The second-order valence-electron chi connectivity index (χ2n) is 2.53. The molecule has 84 valence electrons. The molecular weight excluding hydrogens is 220 g/mol. The SMILES string of the molecule is CCCOCCOCCOC(=S)SC. The van der Waals surface area contributed by atoms with E-state index < -0.39 is 0 Å². The molecule has 3 nitrogen and oxygen atoms in total. The fourth-order valence-corrected chi connectivity index (χ4v) is 0.994. The molecule has 0 saturated carbocycles. The standard InChI is InChI=1S/C9H18O3S2/c1-3-4-10-5-6-11-7-8-12-9(13)14-2/h3-8H2,1-2H3. The maximum absolute atomic E-state index is 5.26. The summed E-state index contributed by atoms with van der Waals surface area (Å²) in [4.78, 5) is 0. The third-order valence-corrected chi connectivity index (χ3v) is 2.40. The number of thioether (sulfide) groups is 1. The molecule has 0 rings (SSSR count). The van der Waals surface area contributed by atoms with Crippen LogP contribution in [0.3, 0.4) is 0 Å². The summed E-state index contributed by atoms with van der Waals surface area (Å²) in [5, 5.41) is 0. The van der Waals surface area contributed by atoms with Crippen molar-refractivity contribution < 1.29 is 14.2 Å². The Hall–Kier alpha value is 0.160. The van der Waals surface area contributed by atoms with Gasteiger partial charge in [0.25, 0.3) is 0 Å². The van der Waals surface area contributed by atoms with Crippen LogP contribution in [0.25, 0.3) is 0 Å². The van der Waals surface area contributed by atoms with Crippen LogP contribution in [0.15, 0.2) is 0 Å². The molecule has 0 unspecified atom stereocenters. The molecule has 14 heavy (non-hydrogen) atoms. The third-order valence-electron chi connectivity index (χ3n) is 1.33. The number of hydrogen-bond donors (Lipinski definition) is 0. The fraction of sp³-hybridized carbons (Fsp3) is 0.889. The van der Waals surface area contributed by atoms with Crippen molar-refractivity contribution in [2.45, 2.75) is 13.3 Å². The molecule has 0 aliphatic carbocycles. The molecule has 5 heteroatoms. The highest BCUT2D eigenvalue weighted by Gasteiger charge is 1.94. The Balaban J connectivity index is 2.95. The Kier molecular flexibility index (Phi) is 11.4. The van der Waals surface area contributed by atoms with Gasteiger partial charge < -0.3 is 14.2 Å². The van der Waals surface area contributed by atoms with Crippen molar-refractivity contribution in [1.29, 1.82) is 0 Å². The molecule has 0 heterocycles. The Bertz CT molecular complexity index is 142. The quantitative estimate of drug-likeness (QED) is 0.477. The normalized spacial score (nSPS) is 10.1. The minimum atomic E-state index is 0.521. The summed E-state index contributed by atoms with van der Waals surface area (Å²) >= 11 is 6.28. The molecule has 0 aliphatic rings. The van der Waals surface area contributed by atoms with Crippen LogP contribution in [0, 0.1) is 0 Å². The number of thiocarbonyl (C=S) groups is 1. The van der Waals surface area contributed by atoms with Crippen LogP contribution in [0.2, 0.25) is 0 Å². The van der Waals surface area contributed by atoms with Crippen LogP contribution in [0.5, 0.6) is 0 Å². The van der Waals surface area contributed by atoms with E-state index in [0.29, 0.717) is 30.8 Å². The van der Waals surface area contributed by atoms with Gasteiger partial charge in [0.15, 0.2) is 0 Å². The summed E-state index contributed by atoms with van der Waals surface area (Å²) in [6, 6.07) is 0. The second-order valence-corrected chi connectivity index (χ2v) is 3.94. The van der Waals surface area contributed by atoms with Gasteiger partial charge in [0.2, 0.25) is 4.38 Å². The second kappa shape index (κ2) is 11.2. The highest BCUT2D eigenvalue weighted by molar-refractivity contribution is 8.22. The molecule has 0 saturated heterocycles. The summed E-state index contributed by atoms with van der Waals surface area (Å²) in [5.74, 6) is 0. The van der Waals surface area contributed by atoms with Gasteiger partial charge in [-0.15, -0.1) is 0 Å². The lowest BCUT2D eigenvalue weighted by Gasteiger charge is -2.06. The van der Waals surface area contributed by atoms with E-state index in [1.807, 2.05) is 6.26 Å². The average molecular weight is 238 g/mol. The first-order valence-electron chi connectivity index (χ1n) is 4.67. The van der Waals surface area contributed by atoms with E-state index in [1.54, 1.807) is 0 Å². The largest absolute Gasteiger partial charge is 0.476 e. The monoisotopic (exact) mass is 238 g/mol. The molecule has 0 aromatic heterocycles. The van der Waals surface area contributed by atoms with Crippen molar-refractivity contribution in [2.24, 2.45) is 0 Å². The zero-order valence-electron chi connectivity index (χ0n) is 8.78. The van der Waals surface area contributed by atoms with Crippen LogP contribution in [0.4, 0.5) is 0 Å². The van der Waals surface area contributed by atoms with Gasteiger partial charge in [-0.25, -0.2) is 0 Å². The molecule has 0 radical (unpaired) electrons. The molecule has 0 aromatic carbocycles. The highest BCUT2D eigenvalue weighted by Crippen LogP contribution is 1.98. The molecule has 0 aromatic rings. The summed E-state index contributed by atoms with van der Waals surface area (Å²) in [5.41, 5.74) is 0. The van der Waals surface area contributed by atoms with Gasteiger partial charge in [0, 0.05) is 6.61 Å². The van der Waals surface area contributed by atoms with Gasteiger partial charge >= 0.3 is 0 Å². The summed E-state index contributed by atoms with van der Waals surface area (Å²) in [6.45, 7) is 5.24. The predicted molar refractivity (Wildman–Crippen MR) is 64.0 cm³/mol. The van der Waals surface area contributed by atoms with Crippen molar-refractivity contribution >= 4 is 28.4 Å². The van der Waals surface area contributed by atoms with Crippen LogP contribution in [0.1, 0.15) is 13.3 Å². The molecule has 0 atom stereocenters. The summed E-state index contributed by atoms with van der Waals surface area (Å²) in [6.07, 6.45) is 2.94. The zero-order valence-corrected chi connectivity index (χ0v) is 10.4. The average Bonchev–Trinajstić information content (AvgIpc) is 2.21. The first-order chi connectivity index (χ1) is 6.81. The molecule has 0 amide bonds. The molecular formula is C9H18O3S2. The van der Waals surface area contributed by atoms with E-state index in [9.17, 15) is 0 Å². The van der Waals surface area contributed by atoms with Crippen LogP contribution in [-0.2, 0) is 14.2 Å². The lowest BCUT2D eigenvalue weighted by atomic mass is 10.5. The molecule has 0 bridgehead atoms. The highest BCUT2D eigenvalue weighted by atomic mass is 32.2. The maximum atomic E-state index is 5.26. The Labute approximate surface area is 95.5 Å². The van der Waals surface area contributed by atoms with Crippen LogP contribution >= 0.6 is 24.0 Å². The minimum absolute atomic E-state index is 0.521. The number of ether oxygens (including phenoxy) is 3. The lowest BCUT2D eigenvalue weighted by Crippen LogP contribution is -2.10. The van der Waals surface area contributed by atoms with E-state index >= 15 is 0 Å². The number of rotatable bonds is 8. The Morgan fingerprint density at radius 1 is 1.07 bits per heavy atom. The van der Waals surface area contributed by atoms with E-state index in [4.69, 9.17) is 26.4 Å². The summed E-state index contributed by atoms with van der Waals surface area (Å²) in [7, 11) is 0. The van der Waals surface area contributed by atoms with Crippen molar-refractivity contribution in [2.75, 3.05) is 39.3 Å². The van der Waals surface area contributed by atoms with Gasteiger partial charge in [0.05, 0.1) is 19.8 Å². The lowest BCUT2D eigenvalue weighted by molar-refractivity contribution is 0.0361. The van der Waals surface area contributed by atoms with E-state index in [2.05, 4.69) is 6.92 Å². The molecule has 0 N–H and O–H groups in total. The van der Waals surface area contributed by atoms with Crippen molar-refractivity contribution in [3.63, 3.8) is 0 Å². The minimum Gasteiger partial charge on any atom is -0.476 e. The first-order valence-corrected chi connectivity index (χ1v) is 6.30. The van der Waals surface area contributed by atoms with Crippen LogP contribution < -0.4 is 0 Å². The van der Waals surface area contributed by atoms with Crippen molar-refractivity contribution in [3.8, 4) is 0 Å². The third kappa shape index (κ3) is 10.2. The first kappa shape index (κ1) is 14.2. The smallest absolute Gasteiger partial charge is 0.219 e. The zero-order chi connectivity index (χ0) is 10.6. The van der Waals surface area contributed by atoms with Gasteiger partial charge in [0.1, 0.15) is 6.61 Å². The van der Waals surface area contributed by atoms with Crippen LogP contribution in [-0.4, -0.2) is 43.7 Å². The van der Waals surface area contributed by atoms with E-state index in [1.165, 1.54) is 11.8 Å². The molecule has 0 spiro atoms. The maximum Gasteiger partial charge on any atom is 0.219 e. The predicted octanol–water partition coefficient (Wildman–Crippen LogP) is 2.09. The van der Waals surface area contributed by atoms with Gasteiger partial charge in [-0.3, -0.25) is 0 Å². The Morgan fingerprint density at radius 3 is 2.21 bits per heavy atom. The van der Waals surface area contributed by atoms with Gasteiger partial charge in [-0.1, -0.05) is 18.7 Å². The van der Waals surface area contributed by atoms with Crippen molar-refractivity contribution in [1.82, 2.24) is 0 Å². The number of hydrogen-bond acceptors (Lipinski definition) is 5. The Morgan fingerprint density at radius 2 is 1.64 bits per heavy atom. The fourth-order valence-electron chi connectivity index (χ4n) is 0.709. The summed E-state index contributed by atoms with van der Waals surface area (Å²) < 4.78 is 16.2. The topological polar surface area (TPSA) is 27.7 Å². The van der Waals surface area contributed by atoms with E-state index in [-0.39, 0.29) is 0 Å². The van der Waals surface area contributed by atoms with Gasteiger partial charge in [-0.2, -0.15) is 0 Å². The van der Waals surface area contributed by atoms with Crippen molar-refractivity contribution in [3.05, 3.63) is 0 Å².